The molecule has 0 radical (unpaired) electrons. The Morgan fingerprint density at radius 1 is 1.14 bits per heavy atom. The topological polar surface area (TPSA) is 75.5 Å². The van der Waals surface area contributed by atoms with Gasteiger partial charge in [-0.3, -0.25) is 9.48 Å². The number of rotatable bonds is 4. The van der Waals surface area contributed by atoms with E-state index >= 15 is 0 Å². The number of carbonyl (C=O) groups excluding carboxylic acids is 1. The van der Waals surface area contributed by atoms with Gasteiger partial charge in [-0.05, 0) is 18.2 Å². The van der Waals surface area contributed by atoms with Gasteiger partial charge in [-0.25, -0.2) is 8.42 Å². The molecule has 0 atom stereocenters. The summed E-state index contributed by atoms with van der Waals surface area (Å²) in [4.78, 5) is 13.0. The minimum atomic E-state index is -4.78. The highest BCUT2D eigenvalue weighted by Crippen LogP contribution is 2.35. The first kappa shape index (κ1) is 21.1. The summed E-state index contributed by atoms with van der Waals surface area (Å²) in [5.41, 5.74) is -0.455. The van der Waals surface area contributed by atoms with Crippen LogP contribution in [0.5, 0.6) is 0 Å². The number of benzene rings is 1. The molecule has 1 aliphatic rings. The molecule has 2 aromatic rings. The number of sulfonamides is 1. The van der Waals surface area contributed by atoms with Gasteiger partial charge in [0.15, 0.2) is 0 Å². The van der Waals surface area contributed by atoms with Crippen LogP contribution in [0.1, 0.15) is 11.1 Å². The Kier molecular flexibility index (Phi) is 5.80. The number of alkyl halides is 3. The van der Waals surface area contributed by atoms with E-state index in [2.05, 4.69) is 5.10 Å². The summed E-state index contributed by atoms with van der Waals surface area (Å²) < 4.78 is 67.6. The van der Waals surface area contributed by atoms with E-state index in [1.54, 1.807) is 30.2 Å². The lowest BCUT2D eigenvalue weighted by Gasteiger charge is -2.33. The minimum Gasteiger partial charge on any atom is -0.337 e. The molecule has 0 bridgehead atoms. The Labute approximate surface area is 166 Å². The van der Waals surface area contributed by atoms with E-state index < -0.39 is 26.7 Å². The molecule has 1 saturated heterocycles. The average molecular weight is 428 g/mol. The number of amides is 1. The van der Waals surface area contributed by atoms with Crippen LogP contribution >= 0.6 is 0 Å². The average Bonchev–Trinajstić information content (AvgIpc) is 3.11. The largest absolute Gasteiger partial charge is 0.417 e. The van der Waals surface area contributed by atoms with Crippen LogP contribution in [0.3, 0.4) is 0 Å². The van der Waals surface area contributed by atoms with Crippen molar-refractivity contribution in [2.24, 2.45) is 7.05 Å². The van der Waals surface area contributed by atoms with E-state index in [1.807, 2.05) is 0 Å². The van der Waals surface area contributed by atoms with Crippen molar-refractivity contribution < 1.29 is 26.4 Å². The van der Waals surface area contributed by atoms with E-state index in [4.69, 9.17) is 0 Å². The van der Waals surface area contributed by atoms with Gasteiger partial charge in [0.05, 0.1) is 16.7 Å². The molecular formula is C18H19F3N4O3S. The van der Waals surface area contributed by atoms with E-state index in [0.717, 1.165) is 28.1 Å². The number of aromatic nitrogens is 2. The lowest BCUT2D eigenvalue weighted by molar-refractivity contribution is -0.139. The molecule has 0 N–H and O–H groups in total. The summed E-state index contributed by atoms with van der Waals surface area (Å²) in [5, 5.41) is 3.98. The molecule has 0 unspecified atom stereocenters. The highest BCUT2D eigenvalue weighted by atomic mass is 32.2. The van der Waals surface area contributed by atoms with Crippen molar-refractivity contribution in [3.8, 4) is 0 Å². The van der Waals surface area contributed by atoms with Crippen molar-refractivity contribution in [2.45, 2.75) is 11.1 Å². The Hall–Kier alpha value is -2.66. The molecule has 1 amide bonds. The fourth-order valence-electron chi connectivity index (χ4n) is 3.01. The molecule has 156 valence electrons. The molecule has 0 spiro atoms. The SMILES string of the molecule is Cn1cc(/C=C/C(=O)N2CCN(S(=O)(=O)c3ccccc3C(F)(F)F)CC2)cn1. The standard InChI is InChI=1S/C18H19F3N4O3S/c1-23-13-14(12-22-23)6-7-17(26)24-8-10-25(11-9-24)29(27,28)16-5-3-2-4-15(16)18(19,20)21/h2-7,12-13H,8-11H2,1H3/b7-6+. The van der Waals surface area contributed by atoms with Gasteiger partial charge >= 0.3 is 6.18 Å². The van der Waals surface area contributed by atoms with Gasteiger partial charge in [-0.15, -0.1) is 0 Å². The summed E-state index contributed by atoms with van der Waals surface area (Å²) in [7, 11) is -2.59. The third-order valence-electron chi connectivity index (χ3n) is 4.50. The van der Waals surface area contributed by atoms with Gasteiger partial charge in [-0.1, -0.05) is 12.1 Å². The quantitative estimate of drug-likeness (QED) is 0.698. The third kappa shape index (κ3) is 4.67. The smallest absolute Gasteiger partial charge is 0.337 e. The second-order valence-electron chi connectivity index (χ2n) is 6.50. The summed E-state index contributed by atoms with van der Waals surface area (Å²) in [6.07, 6.45) is 1.50. The first-order chi connectivity index (χ1) is 13.6. The van der Waals surface area contributed by atoms with Crippen molar-refractivity contribution in [1.29, 1.82) is 0 Å². The first-order valence-corrected chi connectivity index (χ1v) is 10.1. The molecule has 29 heavy (non-hydrogen) atoms. The molecule has 1 aromatic carbocycles. The molecule has 3 rings (SSSR count). The maximum atomic E-state index is 13.2. The first-order valence-electron chi connectivity index (χ1n) is 8.71. The summed E-state index contributed by atoms with van der Waals surface area (Å²) in [6.45, 7) is 0.00918. The van der Waals surface area contributed by atoms with E-state index in [9.17, 15) is 26.4 Å². The van der Waals surface area contributed by atoms with Crippen molar-refractivity contribution in [3.05, 3.63) is 53.9 Å². The van der Waals surface area contributed by atoms with Gasteiger partial charge in [0, 0.05) is 51.1 Å². The Morgan fingerprint density at radius 2 is 1.79 bits per heavy atom. The van der Waals surface area contributed by atoms with Crippen LogP contribution in [0.15, 0.2) is 47.6 Å². The molecular weight excluding hydrogens is 409 g/mol. The van der Waals surface area contributed by atoms with Crippen LogP contribution < -0.4 is 0 Å². The fourth-order valence-corrected chi connectivity index (χ4v) is 4.65. The molecule has 1 fully saturated rings. The van der Waals surface area contributed by atoms with Crippen molar-refractivity contribution in [2.75, 3.05) is 26.2 Å². The zero-order valence-electron chi connectivity index (χ0n) is 15.5. The third-order valence-corrected chi connectivity index (χ3v) is 6.46. The highest BCUT2D eigenvalue weighted by molar-refractivity contribution is 7.89. The van der Waals surface area contributed by atoms with Crippen molar-refractivity contribution in [3.63, 3.8) is 0 Å². The Morgan fingerprint density at radius 3 is 2.38 bits per heavy atom. The van der Waals surface area contributed by atoms with Crippen LogP contribution in [0.25, 0.3) is 6.08 Å². The van der Waals surface area contributed by atoms with Gasteiger partial charge in [0.25, 0.3) is 0 Å². The molecule has 1 aromatic heterocycles. The maximum Gasteiger partial charge on any atom is 0.417 e. The van der Waals surface area contributed by atoms with E-state index in [1.165, 1.54) is 17.0 Å². The number of piperazine rings is 1. The normalized spacial score (nSPS) is 16.5. The highest BCUT2D eigenvalue weighted by Gasteiger charge is 2.39. The minimum absolute atomic E-state index is 0.0823. The second-order valence-corrected chi connectivity index (χ2v) is 8.41. The summed E-state index contributed by atoms with van der Waals surface area (Å²) in [6, 6.07) is 4.10. The number of aryl methyl sites for hydroxylation is 1. The number of carbonyl (C=O) groups is 1. The predicted molar refractivity (Wildman–Crippen MR) is 99.0 cm³/mol. The second kappa shape index (κ2) is 7.99. The molecule has 0 aliphatic carbocycles. The Balaban J connectivity index is 1.69. The number of hydrogen-bond acceptors (Lipinski definition) is 4. The molecule has 7 nitrogen and oxygen atoms in total. The van der Waals surface area contributed by atoms with Crippen molar-refractivity contribution >= 4 is 22.0 Å². The zero-order valence-corrected chi connectivity index (χ0v) is 16.3. The number of nitrogens with zero attached hydrogens (tertiary/aromatic N) is 4. The number of hydrogen-bond donors (Lipinski definition) is 0. The fraction of sp³-hybridized carbons (Fsp3) is 0.333. The van der Waals surface area contributed by atoms with Crippen LogP contribution in [0.2, 0.25) is 0 Å². The van der Waals surface area contributed by atoms with Crippen LogP contribution in [0.4, 0.5) is 13.2 Å². The van der Waals surface area contributed by atoms with Crippen LogP contribution in [-0.4, -0.2) is 59.5 Å². The summed E-state index contributed by atoms with van der Waals surface area (Å²) >= 11 is 0. The number of halogens is 3. The van der Waals surface area contributed by atoms with Gasteiger partial charge < -0.3 is 4.90 Å². The van der Waals surface area contributed by atoms with Gasteiger partial charge in [-0.2, -0.15) is 22.6 Å². The van der Waals surface area contributed by atoms with E-state index in [-0.39, 0.29) is 32.1 Å². The lowest BCUT2D eigenvalue weighted by atomic mass is 10.2. The zero-order chi connectivity index (χ0) is 21.2. The van der Waals surface area contributed by atoms with E-state index in [0.29, 0.717) is 0 Å². The van der Waals surface area contributed by atoms with Crippen LogP contribution in [-0.2, 0) is 28.0 Å². The lowest BCUT2D eigenvalue weighted by Crippen LogP contribution is -2.50. The monoisotopic (exact) mass is 428 g/mol. The molecule has 1 aliphatic heterocycles. The maximum absolute atomic E-state index is 13.2. The van der Waals surface area contributed by atoms with Gasteiger partial charge in [0.1, 0.15) is 0 Å². The molecule has 2 heterocycles. The summed E-state index contributed by atoms with van der Waals surface area (Å²) in [5.74, 6) is -0.304. The Bertz CT molecular complexity index is 1020. The molecule has 0 saturated carbocycles. The predicted octanol–water partition coefficient (Wildman–Crippen LogP) is 1.99. The molecule has 11 heteroatoms. The van der Waals surface area contributed by atoms with Gasteiger partial charge in [0.2, 0.25) is 15.9 Å². The van der Waals surface area contributed by atoms with Crippen molar-refractivity contribution in [1.82, 2.24) is 19.0 Å². The van der Waals surface area contributed by atoms with Crippen LogP contribution in [0, 0.1) is 0 Å².